The molecule has 110 valence electrons. The molecule has 0 bridgehead atoms. The molecular weight excluding hydrogens is 276 g/mol. The van der Waals surface area contributed by atoms with Crippen LogP contribution in [0.3, 0.4) is 0 Å². The molecule has 2 aromatic carbocycles. The lowest BCUT2D eigenvalue weighted by Gasteiger charge is -2.11. The molecule has 0 spiro atoms. The quantitative estimate of drug-likeness (QED) is 0.851. The zero-order valence-corrected chi connectivity index (χ0v) is 11.7. The van der Waals surface area contributed by atoms with Crippen molar-refractivity contribution in [2.24, 2.45) is 0 Å². The number of rotatable bonds is 3. The maximum absolute atomic E-state index is 13.5. The van der Waals surface area contributed by atoms with E-state index in [0.717, 1.165) is 6.07 Å². The average molecular weight is 291 g/mol. The Morgan fingerprint density at radius 2 is 1.90 bits per heavy atom. The summed E-state index contributed by atoms with van der Waals surface area (Å²) in [6, 6.07) is 6.90. The van der Waals surface area contributed by atoms with E-state index < -0.39 is 17.5 Å². The monoisotopic (exact) mass is 291 g/mol. The number of phenols is 1. The average Bonchev–Trinajstić information content (AvgIpc) is 2.41. The highest BCUT2D eigenvalue weighted by molar-refractivity contribution is 5.93. The molecule has 0 unspecified atom stereocenters. The van der Waals surface area contributed by atoms with Crippen LogP contribution in [0.1, 0.15) is 16.7 Å². The molecule has 0 heterocycles. The second-order valence-corrected chi connectivity index (χ2v) is 4.89. The lowest BCUT2D eigenvalue weighted by atomic mass is 10.1. The molecule has 3 nitrogen and oxygen atoms in total. The van der Waals surface area contributed by atoms with Crippen LogP contribution in [0.25, 0.3) is 0 Å². The van der Waals surface area contributed by atoms with Crippen LogP contribution in [0.2, 0.25) is 0 Å². The zero-order chi connectivity index (χ0) is 15.6. The van der Waals surface area contributed by atoms with Crippen molar-refractivity contribution in [2.45, 2.75) is 20.3 Å². The van der Waals surface area contributed by atoms with Gasteiger partial charge in [-0.05, 0) is 43.2 Å². The summed E-state index contributed by atoms with van der Waals surface area (Å²) in [6.07, 6.45) is -0.261. The number of benzene rings is 2. The van der Waals surface area contributed by atoms with E-state index in [1.54, 1.807) is 19.9 Å². The Labute approximate surface area is 121 Å². The predicted molar refractivity (Wildman–Crippen MR) is 76.3 cm³/mol. The van der Waals surface area contributed by atoms with Gasteiger partial charge in [0.1, 0.15) is 5.75 Å². The molecular formula is C16H15F2NO2. The van der Waals surface area contributed by atoms with Crippen LogP contribution in [0.5, 0.6) is 5.75 Å². The molecule has 0 fully saturated rings. The van der Waals surface area contributed by atoms with Crippen molar-refractivity contribution in [1.82, 2.24) is 0 Å². The molecule has 0 aliphatic heterocycles. The summed E-state index contributed by atoms with van der Waals surface area (Å²) >= 11 is 0. The number of phenolic OH excluding ortho intramolecular Hbond substituents is 1. The van der Waals surface area contributed by atoms with Crippen molar-refractivity contribution in [3.63, 3.8) is 0 Å². The molecule has 0 saturated carbocycles. The van der Waals surface area contributed by atoms with E-state index in [2.05, 4.69) is 5.32 Å². The van der Waals surface area contributed by atoms with Gasteiger partial charge >= 0.3 is 0 Å². The number of amides is 1. The highest BCUT2D eigenvalue weighted by Gasteiger charge is 2.13. The van der Waals surface area contributed by atoms with Crippen molar-refractivity contribution >= 4 is 11.6 Å². The molecule has 0 aliphatic rings. The topological polar surface area (TPSA) is 49.3 Å². The first-order valence-corrected chi connectivity index (χ1v) is 6.41. The first-order valence-electron chi connectivity index (χ1n) is 6.41. The second-order valence-electron chi connectivity index (χ2n) is 4.89. The second kappa shape index (κ2) is 5.91. The van der Waals surface area contributed by atoms with Crippen molar-refractivity contribution in [2.75, 3.05) is 5.32 Å². The molecule has 2 rings (SSSR count). The molecule has 0 aromatic heterocycles. The minimum Gasteiger partial charge on any atom is -0.508 e. The number of nitrogens with one attached hydrogen (secondary N) is 1. The Morgan fingerprint density at radius 3 is 2.62 bits per heavy atom. The predicted octanol–water partition coefficient (Wildman–Crippen LogP) is 3.47. The van der Waals surface area contributed by atoms with Crippen LogP contribution in [0.4, 0.5) is 14.5 Å². The fraction of sp³-hybridized carbons (Fsp3) is 0.188. The number of hydrogen-bond donors (Lipinski definition) is 2. The first kappa shape index (κ1) is 15.0. The molecule has 2 aromatic rings. The van der Waals surface area contributed by atoms with Gasteiger partial charge in [-0.2, -0.15) is 0 Å². The van der Waals surface area contributed by atoms with Gasteiger partial charge in [-0.3, -0.25) is 4.79 Å². The van der Waals surface area contributed by atoms with Crippen LogP contribution in [0.15, 0.2) is 30.3 Å². The molecule has 21 heavy (non-hydrogen) atoms. The summed E-state index contributed by atoms with van der Waals surface area (Å²) in [6.45, 7) is 3.44. The first-order chi connectivity index (χ1) is 9.88. The number of anilines is 1. The van der Waals surface area contributed by atoms with E-state index in [0.29, 0.717) is 16.8 Å². The van der Waals surface area contributed by atoms with E-state index in [1.807, 2.05) is 0 Å². The Hall–Kier alpha value is -2.43. The Kier molecular flexibility index (Phi) is 4.21. The summed E-state index contributed by atoms with van der Waals surface area (Å²) in [4.78, 5) is 11.9. The molecule has 0 saturated heterocycles. The molecule has 0 radical (unpaired) electrons. The SMILES string of the molecule is Cc1cc(NC(=O)Cc2cccc(F)c2F)c(C)cc1O. The third-order valence-electron chi connectivity index (χ3n) is 3.20. The van der Waals surface area contributed by atoms with Crippen molar-refractivity contribution in [3.05, 3.63) is 58.7 Å². The molecule has 5 heteroatoms. The number of hydrogen-bond acceptors (Lipinski definition) is 2. The van der Waals surface area contributed by atoms with Gasteiger partial charge in [0, 0.05) is 11.3 Å². The standard InChI is InChI=1S/C16H15F2NO2/c1-9-7-14(20)10(2)6-13(9)19-15(21)8-11-4-3-5-12(17)16(11)18/h3-7,20H,8H2,1-2H3,(H,19,21). The van der Waals surface area contributed by atoms with E-state index in [4.69, 9.17) is 0 Å². The Bertz CT molecular complexity index is 699. The van der Waals surface area contributed by atoms with Crippen molar-refractivity contribution in [1.29, 1.82) is 0 Å². The van der Waals surface area contributed by atoms with Gasteiger partial charge < -0.3 is 10.4 Å². The fourth-order valence-electron chi connectivity index (χ4n) is 1.99. The molecule has 2 N–H and O–H groups in total. The maximum atomic E-state index is 13.5. The highest BCUT2D eigenvalue weighted by Crippen LogP contribution is 2.25. The number of carbonyl (C=O) groups excluding carboxylic acids is 1. The Balaban J connectivity index is 2.16. The summed E-state index contributed by atoms with van der Waals surface area (Å²) in [7, 11) is 0. The van der Waals surface area contributed by atoms with Gasteiger partial charge in [0.2, 0.25) is 5.91 Å². The fourth-order valence-corrected chi connectivity index (χ4v) is 1.99. The summed E-state index contributed by atoms with van der Waals surface area (Å²) in [5.74, 6) is -2.29. The van der Waals surface area contributed by atoms with Gasteiger partial charge in [-0.15, -0.1) is 0 Å². The number of aryl methyl sites for hydroxylation is 2. The minimum atomic E-state index is -1.01. The summed E-state index contributed by atoms with van der Waals surface area (Å²) in [5.41, 5.74) is 1.84. The van der Waals surface area contributed by atoms with Crippen LogP contribution < -0.4 is 5.32 Å². The van der Waals surface area contributed by atoms with E-state index in [9.17, 15) is 18.7 Å². The van der Waals surface area contributed by atoms with Crippen LogP contribution in [-0.2, 0) is 11.2 Å². The van der Waals surface area contributed by atoms with Crippen LogP contribution in [-0.4, -0.2) is 11.0 Å². The normalized spacial score (nSPS) is 10.5. The third-order valence-corrected chi connectivity index (χ3v) is 3.20. The highest BCUT2D eigenvalue weighted by atomic mass is 19.2. The van der Waals surface area contributed by atoms with Gasteiger partial charge in [0.15, 0.2) is 11.6 Å². The number of halogens is 2. The largest absolute Gasteiger partial charge is 0.508 e. The minimum absolute atomic E-state index is 0.000605. The van der Waals surface area contributed by atoms with Gasteiger partial charge in [0.05, 0.1) is 6.42 Å². The molecule has 0 aliphatic carbocycles. The number of carbonyl (C=O) groups is 1. The zero-order valence-electron chi connectivity index (χ0n) is 11.7. The van der Waals surface area contributed by atoms with Crippen molar-refractivity contribution in [3.8, 4) is 5.75 Å². The third kappa shape index (κ3) is 3.37. The van der Waals surface area contributed by atoms with Gasteiger partial charge in [-0.25, -0.2) is 8.78 Å². The van der Waals surface area contributed by atoms with E-state index in [1.165, 1.54) is 18.2 Å². The van der Waals surface area contributed by atoms with Crippen molar-refractivity contribution < 1.29 is 18.7 Å². The van der Waals surface area contributed by atoms with Gasteiger partial charge in [0.25, 0.3) is 0 Å². The lowest BCUT2D eigenvalue weighted by molar-refractivity contribution is -0.115. The lowest BCUT2D eigenvalue weighted by Crippen LogP contribution is -2.16. The number of aromatic hydroxyl groups is 1. The smallest absolute Gasteiger partial charge is 0.228 e. The van der Waals surface area contributed by atoms with E-state index >= 15 is 0 Å². The molecule has 0 atom stereocenters. The maximum Gasteiger partial charge on any atom is 0.228 e. The van der Waals surface area contributed by atoms with Gasteiger partial charge in [-0.1, -0.05) is 12.1 Å². The van der Waals surface area contributed by atoms with E-state index in [-0.39, 0.29) is 17.7 Å². The Morgan fingerprint density at radius 1 is 1.19 bits per heavy atom. The summed E-state index contributed by atoms with van der Waals surface area (Å²) < 4.78 is 26.6. The molecule has 1 amide bonds. The van der Waals surface area contributed by atoms with Crippen LogP contribution in [0, 0.1) is 25.5 Å². The summed E-state index contributed by atoms with van der Waals surface area (Å²) in [5, 5.41) is 12.2. The van der Waals surface area contributed by atoms with Crippen LogP contribution >= 0.6 is 0 Å².